The van der Waals surface area contributed by atoms with Crippen LogP contribution in [0.3, 0.4) is 0 Å². The summed E-state index contributed by atoms with van der Waals surface area (Å²) in [4.78, 5) is 12.5. The summed E-state index contributed by atoms with van der Waals surface area (Å²) < 4.78 is 11.2. The lowest BCUT2D eigenvalue weighted by molar-refractivity contribution is 0.0997. The second kappa shape index (κ2) is 8.17. The van der Waals surface area contributed by atoms with Crippen molar-refractivity contribution in [2.45, 2.75) is 6.61 Å². The fraction of sp³-hybridized carbons (Fsp3) is 0.0455. The van der Waals surface area contributed by atoms with E-state index < -0.39 is 0 Å². The smallest absolute Gasteiger partial charge is 0.291 e. The van der Waals surface area contributed by atoms with E-state index in [-0.39, 0.29) is 18.3 Å². The number of furan rings is 2. The van der Waals surface area contributed by atoms with Crippen molar-refractivity contribution in [2.75, 3.05) is 5.32 Å². The van der Waals surface area contributed by atoms with Gasteiger partial charge in [-0.15, -0.1) is 0 Å². The van der Waals surface area contributed by atoms with Gasteiger partial charge in [-0.25, -0.2) is 0 Å². The van der Waals surface area contributed by atoms with Crippen LogP contribution in [0.1, 0.15) is 16.3 Å². The van der Waals surface area contributed by atoms with E-state index in [0.29, 0.717) is 33.0 Å². The maximum absolute atomic E-state index is 12.5. The topological polar surface area (TPSA) is 75.6 Å². The predicted molar refractivity (Wildman–Crippen MR) is 112 cm³/mol. The van der Waals surface area contributed by atoms with Gasteiger partial charge >= 0.3 is 0 Å². The van der Waals surface area contributed by atoms with Gasteiger partial charge in [-0.2, -0.15) is 0 Å². The van der Waals surface area contributed by atoms with Gasteiger partial charge in [-0.05, 0) is 66.7 Å². The summed E-state index contributed by atoms with van der Waals surface area (Å²) in [6.07, 6.45) is 0. The zero-order valence-electron chi connectivity index (χ0n) is 15.0. The average molecular weight is 428 g/mol. The molecule has 0 bridgehead atoms. The van der Waals surface area contributed by atoms with Crippen molar-refractivity contribution >= 4 is 34.8 Å². The second-order valence-electron chi connectivity index (χ2n) is 6.25. The fourth-order valence-electron chi connectivity index (χ4n) is 2.79. The van der Waals surface area contributed by atoms with Gasteiger partial charge in [0.05, 0.1) is 10.0 Å². The van der Waals surface area contributed by atoms with Crippen LogP contribution in [-0.2, 0) is 6.61 Å². The molecule has 0 fully saturated rings. The molecule has 0 aliphatic carbocycles. The van der Waals surface area contributed by atoms with Crippen LogP contribution in [0.5, 0.6) is 0 Å². The molecule has 5 nitrogen and oxygen atoms in total. The largest absolute Gasteiger partial charge is 0.459 e. The Morgan fingerprint density at radius 1 is 0.828 bits per heavy atom. The number of amides is 1. The first-order valence-electron chi connectivity index (χ1n) is 8.70. The summed E-state index contributed by atoms with van der Waals surface area (Å²) in [5.74, 6) is 1.46. The molecule has 7 heteroatoms. The maximum Gasteiger partial charge on any atom is 0.291 e. The molecule has 4 rings (SSSR count). The van der Waals surface area contributed by atoms with Crippen molar-refractivity contribution < 1.29 is 18.7 Å². The predicted octanol–water partition coefficient (Wildman–Crippen LogP) is 6.26. The van der Waals surface area contributed by atoms with Gasteiger partial charge in [0.1, 0.15) is 23.9 Å². The SMILES string of the molecule is O=C(Nc1ccc(-c2ccc(CO)o2)cc1)c1ccc(-c2ccc(Cl)c(Cl)c2)o1. The quantitative estimate of drug-likeness (QED) is 0.394. The Kier molecular flexibility index (Phi) is 5.45. The van der Waals surface area contributed by atoms with Crippen LogP contribution in [0.15, 0.2) is 75.6 Å². The Morgan fingerprint density at radius 3 is 2.21 bits per heavy atom. The molecule has 146 valence electrons. The molecule has 0 saturated heterocycles. The van der Waals surface area contributed by atoms with Crippen LogP contribution in [0.4, 0.5) is 5.69 Å². The van der Waals surface area contributed by atoms with E-state index in [0.717, 1.165) is 11.1 Å². The molecule has 29 heavy (non-hydrogen) atoms. The Hall–Kier alpha value is -2.99. The summed E-state index contributed by atoms with van der Waals surface area (Å²) in [6, 6.07) is 19.1. The number of anilines is 1. The highest BCUT2D eigenvalue weighted by Gasteiger charge is 2.14. The zero-order chi connectivity index (χ0) is 20.4. The lowest BCUT2D eigenvalue weighted by atomic mass is 10.1. The number of aliphatic hydroxyl groups excluding tert-OH is 1. The van der Waals surface area contributed by atoms with Gasteiger partial charge in [0.15, 0.2) is 5.76 Å². The minimum atomic E-state index is -0.371. The Morgan fingerprint density at radius 2 is 1.52 bits per heavy atom. The monoisotopic (exact) mass is 427 g/mol. The number of carbonyl (C=O) groups is 1. The van der Waals surface area contributed by atoms with E-state index in [4.69, 9.17) is 37.1 Å². The third-order valence-corrected chi connectivity index (χ3v) is 5.02. The van der Waals surface area contributed by atoms with Gasteiger partial charge in [-0.1, -0.05) is 23.2 Å². The van der Waals surface area contributed by atoms with E-state index >= 15 is 0 Å². The summed E-state index contributed by atoms with van der Waals surface area (Å²) in [5, 5.41) is 12.7. The zero-order valence-corrected chi connectivity index (χ0v) is 16.5. The number of hydrogen-bond donors (Lipinski definition) is 2. The van der Waals surface area contributed by atoms with E-state index in [1.807, 2.05) is 12.1 Å². The maximum atomic E-state index is 12.5. The molecular formula is C22H15Cl2NO4. The van der Waals surface area contributed by atoms with Gasteiger partial charge in [0.2, 0.25) is 0 Å². The molecule has 0 saturated carbocycles. The number of rotatable bonds is 5. The van der Waals surface area contributed by atoms with Crippen LogP contribution in [0.25, 0.3) is 22.6 Å². The van der Waals surface area contributed by atoms with Gasteiger partial charge in [0, 0.05) is 16.8 Å². The molecule has 0 atom stereocenters. The Bertz CT molecular complexity index is 1160. The molecule has 0 aliphatic rings. The number of hydrogen-bond acceptors (Lipinski definition) is 4. The molecule has 0 aliphatic heterocycles. The van der Waals surface area contributed by atoms with E-state index in [1.165, 1.54) is 0 Å². The molecule has 2 aromatic heterocycles. The number of halogens is 2. The molecule has 2 N–H and O–H groups in total. The summed E-state index contributed by atoms with van der Waals surface area (Å²) >= 11 is 12.0. The van der Waals surface area contributed by atoms with Crippen LogP contribution < -0.4 is 5.32 Å². The number of aliphatic hydroxyl groups is 1. The summed E-state index contributed by atoms with van der Waals surface area (Å²) in [7, 11) is 0. The van der Waals surface area contributed by atoms with Crippen molar-refractivity contribution in [3.63, 3.8) is 0 Å². The fourth-order valence-corrected chi connectivity index (χ4v) is 3.09. The first-order valence-corrected chi connectivity index (χ1v) is 9.46. The van der Waals surface area contributed by atoms with Crippen molar-refractivity contribution in [3.05, 3.63) is 88.3 Å². The van der Waals surface area contributed by atoms with Crippen molar-refractivity contribution in [1.82, 2.24) is 0 Å². The number of benzene rings is 2. The minimum absolute atomic E-state index is 0.151. The van der Waals surface area contributed by atoms with Crippen LogP contribution in [-0.4, -0.2) is 11.0 Å². The lowest BCUT2D eigenvalue weighted by Gasteiger charge is -2.04. The minimum Gasteiger partial charge on any atom is -0.459 e. The summed E-state index contributed by atoms with van der Waals surface area (Å²) in [6.45, 7) is -0.151. The van der Waals surface area contributed by atoms with E-state index in [9.17, 15) is 4.79 Å². The molecule has 0 radical (unpaired) electrons. The van der Waals surface area contributed by atoms with Gasteiger partial charge in [-0.3, -0.25) is 4.79 Å². The highest BCUT2D eigenvalue weighted by Crippen LogP contribution is 2.30. The van der Waals surface area contributed by atoms with Crippen LogP contribution in [0.2, 0.25) is 10.0 Å². The standard InChI is InChI=1S/C22H15Cl2NO4/c23-17-7-3-14(11-18(17)24)20-9-10-21(29-20)22(27)25-15-4-1-13(2-5-15)19-8-6-16(12-26)28-19/h1-11,26H,12H2,(H,25,27). The number of nitrogens with one attached hydrogen (secondary N) is 1. The third kappa shape index (κ3) is 4.22. The molecular weight excluding hydrogens is 413 g/mol. The average Bonchev–Trinajstić information content (AvgIpc) is 3.40. The van der Waals surface area contributed by atoms with Crippen molar-refractivity contribution in [2.24, 2.45) is 0 Å². The van der Waals surface area contributed by atoms with E-state index in [1.54, 1.807) is 54.6 Å². The van der Waals surface area contributed by atoms with E-state index in [2.05, 4.69) is 5.32 Å². The molecule has 2 heterocycles. The molecule has 2 aromatic carbocycles. The summed E-state index contributed by atoms with van der Waals surface area (Å²) in [5.41, 5.74) is 2.17. The number of carbonyl (C=O) groups excluding carboxylic acids is 1. The molecule has 0 unspecified atom stereocenters. The normalized spacial score (nSPS) is 10.9. The van der Waals surface area contributed by atoms with Crippen molar-refractivity contribution in [1.29, 1.82) is 0 Å². The second-order valence-corrected chi connectivity index (χ2v) is 7.06. The van der Waals surface area contributed by atoms with Gasteiger partial charge < -0.3 is 19.3 Å². The molecule has 4 aromatic rings. The lowest BCUT2D eigenvalue weighted by Crippen LogP contribution is -2.10. The first kappa shape index (κ1) is 19.3. The first-order chi connectivity index (χ1) is 14.0. The third-order valence-electron chi connectivity index (χ3n) is 4.28. The highest BCUT2D eigenvalue weighted by atomic mass is 35.5. The Labute approximate surface area is 176 Å². The van der Waals surface area contributed by atoms with Gasteiger partial charge in [0.25, 0.3) is 5.91 Å². The highest BCUT2D eigenvalue weighted by molar-refractivity contribution is 6.42. The Balaban J connectivity index is 1.46. The molecule has 1 amide bonds. The van der Waals surface area contributed by atoms with Crippen molar-refractivity contribution in [3.8, 4) is 22.6 Å². The van der Waals surface area contributed by atoms with Crippen LogP contribution >= 0.6 is 23.2 Å². The van der Waals surface area contributed by atoms with Crippen LogP contribution in [0, 0.1) is 0 Å². The molecule has 0 spiro atoms.